The Labute approximate surface area is 179 Å². The van der Waals surface area contributed by atoms with Crippen LogP contribution in [-0.4, -0.2) is 52.4 Å². The Morgan fingerprint density at radius 2 is 1.77 bits per heavy atom. The molecule has 1 fully saturated rings. The lowest BCUT2D eigenvalue weighted by molar-refractivity contribution is 0.233. The minimum Gasteiger partial charge on any atom is -0.493 e. The highest BCUT2D eigenvalue weighted by atomic mass is 19.1. The number of ether oxygens (including phenoxy) is 3. The zero-order chi connectivity index (χ0) is 22.0. The smallest absolute Gasteiger partial charge is 0.204 e. The van der Waals surface area contributed by atoms with E-state index in [0.29, 0.717) is 35.0 Å². The maximum Gasteiger partial charge on any atom is 0.204 e. The van der Waals surface area contributed by atoms with Gasteiger partial charge < -0.3 is 23.9 Å². The second kappa shape index (κ2) is 8.95. The Morgan fingerprint density at radius 3 is 2.45 bits per heavy atom. The second-order valence-corrected chi connectivity index (χ2v) is 7.32. The normalized spacial score (nSPS) is 14.6. The number of methoxy groups -OCH3 is 3. The topological polar surface area (TPSA) is 73.2 Å². The van der Waals surface area contributed by atoms with Gasteiger partial charge in [0.05, 0.1) is 21.3 Å². The quantitative estimate of drug-likeness (QED) is 0.647. The summed E-state index contributed by atoms with van der Waals surface area (Å²) in [6.07, 6.45) is 0. The van der Waals surface area contributed by atoms with Gasteiger partial charge in [0.1, 0.15) is 22.5 Å². The zero-order valence-electron chi connectivity index (χ0n) is 17.8. The molecular formula is C23H25FN2O5. The molecule has 164 valence electrons. The third kappa shape index (κ3) is 4.08. The minimum absolute atomic E-state index is 0.247. The molecule has 0 unspecified atom stereocenters. The van der Waals surface area contributed by atoms with Crippen molar-refractivity contribution in [3.05, 3.63) is 51.9 Å². The summed E-state index contributed by atoms with van der Waals surface area (Å²) in [6, 6.07) is 7.52. The predicted octanol–water partition coefficient (Wildman–Crippen LogP) is 3.03. The third-order valence-electron chi connectivity index (χ3n) is 5.46. The first-order chi connectivity index (χ1) is 15.0. The highest BCUT2D eigenvalue weighted by Crippen LogP contribution is 2.43. The summed E-state index contributed by atoms with van der Waals surface area (Å²) >= 11 is 0. The number of nitrogens with one attached hydrogen (secondary N) is 1. The molecule has 1 N–H and O–H groups in total. The molecule has 0 saturated carbocycles. The van der Waals surface area contributed by atoms with Gasteiger partial charge in [0.25, 0.3) is 0 Å². The summed E-state index contributed by atoms with van der Waals surface area (Å²) in [5.74, 6) is 0.977. The van der Waals surface area contributed by atoms with Crippen molar-refractivity contribution in [1.29, 1.82) is 0 Å². The summed E-state index contributed by atoms with van der Waals surface area (Å²) in [4.78, 5) is 15.3. The van der Waals surface area contributed by atoms with Crippen LogP contribution in [0.5, 0.6) is 17.2 Å². The minimum atomic E-state index is -0.329. The molecule has 0 atom stereocenters. The Balaban J connectivity index is 1.86. The average Bonchev–Trinajstić information content (AvgIpc) is 2.78. The van der Waals surface area contributed by atoms with Crippen LogP contribution in [0.2, 0.25) is 0 Å². The number of halogens is 1. The second-order valence-electron chi connectivity index (χ2n) is 7.32. The van der Waals surface area contributed by atoms with Crippen molar-refractivity contribution in [3.63, 3.8) is 0 Å². The molecule has 3 aromatic rings. The van der Waals surface area contributed by atoms with Gasteiger partial charge in [-0.3, -0.25) is 9.69 Å². The molecule has 0 bridgehead atoms. The van der Waals surface area contributed by atoms with Gasteiger partial charge in [0, 0.05) is 50.4 Å². The lowest BCUT2D eigenvalue weighted by atomic mass is 10.0. The van der Waals surface area contributed by atoms with Crippen molar-refractivity contribution < 1.29 is 23.0 Å². The highest BCUT2D eigenvalue weighted by Gasteiger charge is 2.22. The molecule has 1 aliphatic rings. The van der Waals surface area contributed by atoms with Gasteiger partial charge in [0.15, 0.2) is 16.9 Å². The first kappa shape index (κ1) is 21.1. The molecule has 0 radical (unpaired) electrons. The molecular weight excluding hydrogens is 403 g/mol. The Morgan fingerprint density at radius 1 is 1.03 bits per heavy atom. The summed E-state index contributed by atoms with van der Waals surface area (Å²) in [5, 5.41) is 3.57. The van der Waals surface area contributed by atoms with Crippen molar-refractivity contribution >= 4 is 11.0 Å². The van der Waals surface area contributed by atoms with Crippen LogP contribution in [-0.2, 0) is 6.54 Å². The van der Waals surface area contributed by atoms with Crippen LogP contribution < -0.4 is 25.0 Å². The standard InChI is InChI=1S/C23H25FN2O5/c1-28-20-12-19-21(23(30-3)22(20)29-2)17(27)11-18(31-19)16-5-4-15(24)10-14(16)13-26-8-6-25-7-9-26/h4-5,10-12,25H,6-9,13H2,1-3H3. The fraction of sp³-hybridized carbons (Fsp3) is 0.348. The molecule has 7 nitrogen and oxygen atoms in total. The summed E-state index contributed by atoms with van der Waals surface area (Å²) < 4.78 is 36.4. The number of fused-ring (bicyclic) bond motifs is 1. The molecule has 1 aliphatic heterocycles. The van der Waals surface area contributed by atoms with E-state index in [0.717, 1.165) is 31.7 Å². The van der Waals surface area contributed by atoms with Crippen LogP contribution >= 0.6 is 0 Å². The van der Waals surface area contributed by atoms with Gasteiger partial charge >= 0.3 is 0 Å². The maximum absolute atomic E-state index is 14.1. The molecule has 4 rings (SSSR count). The van der Waals surface area contributed by atoms with Crippen molar-refractivity contribution in [2.45, 2.75) is 6.54 Å². The van der Waals surface area contributed by atoms with Gasteiger partial charge in [-0.25, -0.2) is 4.39 Å². The van der Waals surface area contributed by atoms with Crippen molar-refractivity contribution in [2.24, 2.45) is 0 Å². The van der Waals surface area contributed by atoms with E-state index < -0.39 is 0 Å². The van der Waals surface area contributed by atoms with Crippen LogP contribution in [0, 0.1) is 5.82 Å². The lowest BCUT2D eigenvalue weighted by Crippen LogP contribution is -2.42. The Kier molecular flexibility index (Phi) is 6.11. The molecule has 1 aromatic heterocycles. The molecule has 1 saturated heterocycles. The van der Waals surface area contributed by atoms with E-state index in [1.54, 1.807) is 12.1 Å². The zero-order valence-corrected chi connectivity index (χ0v) is 17.8. The number of hydrogen-bond acceptors (Lipinski definition) is 7. The van der Waals surface area contributed by atoms with E-state index >= 15 is 0 Å². The largest absolute Gasteiger partial charge is 0.493 e. The average molecular weight is 428 g/mol. The number of hydrogen-bond donors (Lipinski definition) is 1. The Hall–Kier alpha value is -3.10. The molecule has 2 aromatic carbocycles. The summed E-state index contributed by atoms with van der Waals surface area (Å²) in [5.41, 5.74) is 1.45. The predicted molar refractivity (Wildman–Crippen MR) is 116 cm³/mol. The fourth-order valence-electron chi connectivity index (χ4n) is 3.96. The van der Waals surface area contributed by atoms with Crippen LogP contribution in [0.15, 0.2) is 39.5 Å². The SMILES string of the molecule is COc1cc2oc(-c3ccc(F)cc3CN3CCNCC3)cc(=O)c2c(OC)c1OC. The Bertz CT molecular complexity index is 1150. The highest BCUT2D eigenvalue weighted by molar-refractivity contribution is 5.90. The summed E-state index contributed by atoms with van der Waals surface area (Å²) in [6.45, 7) is 4.07. The van der Waals surface area contributed by atoms with Crippen LogP contribution in [0.4, 0.5) is 4.39 Å². The van der Waals surface area contributed by atoms with Gasteiger partial charge in [-0.2, -0.15) is 0 Å². The first-order valence-electron chi connectivity index (χ1n) is 10.0. The first-order valence-corrected chi connectivity index (χ1v) is 10.0. The lowest BCUT2D eigenvalue weighted by Gasteiger charge is -2.28. The van der Waals surface area contributed by atoms with Gasteiger partial charge in [0.2, 0.25) is 5.75 Å². The van der Waals surface area contributed by atoms with E-state index in [1.807, 2.05) is 0 Å². The van der Waals surface area contributed by atoms with E-state index in [2.05, 4.69) is 10.2 Å². The van der Waals surface area contributed by atoms with Gasteiger partial charge in [-0.1, -0.05) is 0 Å². The molecule has 31 heavy (non-hydrogen) atoms. The summed E-state index contributed by atoms with van der Waals surface area (Å²) in [7, 11) is 4.43. The maximum atomic E-state index is 14.1. The van der Waals surface area contributed by atoms with E-state index in [9.17, 15) is 9.18 Å². The van der Waals surface area contributed by atoms with Crippen LogP contribution in [0.1, 0.15) is 5.56 Å². The van der Waals surface area contributed by atoms with E-state index in [1.165, 1.54) is 39.5 Å². The molecule has 0 aliphatic carbocycles. The molecule has 0 amide bonds. The molecule has 2 heterocycles. The third-order valence-corrected chi connectivity index (χ3v) is 5.46. The van der Waals surface area contributed by atoms with Crippen LogP contribution in [0.3, 0.4) is 0 Å². The number of benzene rings is 2. The van der Waals surface area contributed by atoms with Gasteiger partial charge in [-0.05, 0) is 23.8 Å². The van der Waals surface area contributed by atoms with Crippen molar-refractivity contribution in [2.75, 3.05) is 47.5 Å². The molecule has 0 spiro atoms. The number of piperazine rings is 1. The van der Waals surface area contributed by atoms with Crippen LogP contribution in [0.25, 0.3) is 22.3 Å². The monoisotopic (exact) mass is 428 g/mol. The van der Waals surface area contributed by atoms with Crippen molar-refractivity contribution in [3.8, 4) is 28.6 Å². The van der Waals surface area contributed by atoms with E-state index in [-0.39, 0.29) is 22.4 Å². The number of rotatable bonds is 6. The fourth-order valence-corrected chi connectivity index (χ4v) is 3.96. The number of nitrogens with zero attached hydrogens (tertiary/aromatic N) is 1. The van der Waals surface area contributed by atoms with Gasteiger partial charge in [-0.15, -0.1) is 0 Å². The van der Waals surface area contributed by atoms with E-state index in [4.69, 9.17) is 18.6 Å². The van der Waals surface area contributed by atoms with Crippen molar-refractivity contribution in [1.82, 2.24) is 10.2 Å². The molecule has 8 heteroatoms.